The van der Waals surface area contributed by atoms with Gasteiger partial charge in [-0.05, 0) is 62.0 Å². The summed E-state index contributed by atoms with van der Waals surface area (Å²) in [5.74, 6) is -0.260. The molecule has 0 radical (unpaired) electrons. The van der Waals surface area contributed by atoms with Crippen molar-refractivity contribution in [3.8, 4) is 0 Å². The van der Waals surface area contributed by atoms with Crippen LogP contribution in [0.4, 0.5) is 10.1 Å². The van der Waals surface area contributed by atoms with Crippen molar-refractivity contribution in [3.63, 3.8) is 0 Å². The van der Waals surface area contributed by atoms with E-state index < -0.39 is 0 Å². The summed E-state index contributed by atoms with van der Waals surface area (Å²) in [4.78, 5) is 19.3. The number of fused-ring (bicyclic) bond motifs is 1. The molecule has 0 spiro atoms. The maximum absolute atomic E-state index is 13.6. The molecule has 0 saturated carbocycles. The normalized spacial score (nSPS) is 13.9. The van der Waals surface area contributed by atoms with Crippen molar-refractivity contribution < 1.29 is 9.18 Å². The summed E-state index contributed by atoms with van der Waals surface area (Å²) >= 11 is 0. The third-order valence-corrected chi connectivity index (χ3v) is 5.66. The third-order valence-electron chi connectivity index (χ3n) is 5.66. The number of hydrogen-bond donors (Lipinski definition) is 1. The number of benzene rings is 2. The van der Waals surface area contributed by atoms with Gasteiger partial charge in [-0.15, -0.1) is 0 Å². The Balaban J connectivity index is 1.68. The Bertz CT molecular complexity index is 855. The third kappa shape index (κ3) is 6.03. The van der Waals surface area contributed by atoms with Gasteiger partial charge >= 0.3 is 0 Å². The minimum atomic E-state index is -0.276. The first-order valence-electron chi connectivity index (χ1n) is 10.7. The second-order valence-electron chi connectivity index (χ2n) is 8.16. The van der Waals surface area contributed by atoms with Crippen molar-refractivity contribution in [2.24, 2.45) is 0 Å². The Morgan fingerprint density at radius 2 is 1.97 bits per heavy atom. The van der Waals surface area contributed by atoms with Gasteiger partial charge in [-0.2, -0.15) is 0 Å². The van der Waals surface area contributed by atoms with E-state index in [4.69, 9.17) is 0 Å². The van der Waals surface area contributed by atoms with Gasteiger partial charge in [0.1, 0.15) is 5.82 Å². The standard InChI is InChI=1S/C24H33FN4O/c1-4-28-12-11-20-8-6-10-23(22(20)18-28)26-16-24(30)29(14-13-27(2)3)17-19-7-5-9-21(25)15-19/h5-10,15,26H,4,11-14,16-18H2,1-3H3. The maximum atomic E-state index is 13.6. The minimum absolute atomic E-state index is 0.0156. The van der Waals surface area contributed by atoms with Crippen LogP contribution in [0, 0.1) is 5.82 Å². The number of carbonyl (C=O) groups is 1. The molecular formula is C24H33FN4O. The molecule has 0 fully saturated rings. The Kier molecular flexibility index (Phi) is 7.82. The molecule has 1 N–H and O–H groups in total. The van der Waals surface area contributed by atoms with Crippen LogP contribution in [0.2, 0.25) is 0 Å². The fraction of sp³-hybridized carbons (Fsp3) is 0.458. The first kappa shape index (κ1) is 22.2. The van der Waals surface area contributed by atoms with Gasteiger partial charge in [0.2, 0.25) is 5.91 Å². The number of nitrogens with one attached hydrogen (secondary N) is 1. The number of anilines is 1. The first-order chi connectivity index (χ1) is 14.5. The number of halogens is 1. The van der Waals surface area contributed by atoms with E-state index >= 15 is 0 Å². The van der Waals surface area contributed by atoms with Gasteiger partial charge in [-0.25, -0.2) is 4.39 Å². The van der Waals surface area contributed by atoms with Crippen LogP contribution in [0.25, 0.3) is 0 Å². The second-order valence-corrected chi connectivity index (χ2v) is 8.16. The van der Waals surface area contributed by atoms with E-state index in [-0.39, 0.29) is 18.3 Å². The summed E-state index contributed by atoms with van der Waals surface area (Å²) in [7, 11) is 3.97. The molecule has 1 aliphatic heterocycles. The molecule has 30 heavy (non-hydrogen) atoms. The van der Waals surface area contributed by atoms with Crippen LogP contribution >= 0.6 is 0 Å². The Morgan fingerprint density at radius 3 is 2.70 bits per heavy atom. The lowest BCUT2D eigenvalue weighted by atomic mass is 9.98. The minimum Gasteiger partial charge on any atom is -0.376 e. The van der Waals surface area contributed by atoms with Crippen LogP contribution in [-0.2, 0) is 24.3 Å². The predicted molar refractivity (Wildman–Crippen MR) is 120 cm³/mol. The monoisotopic (exact) mass is 412 g/mol. The summed E-state index contributed by atoms with van der Waals surface area (Å²) in [5.41, 5.74) is 4.50. The molecule has 0 bridgehead atoms. The molecule has 3 rings (SSSR count). The molecule has 2 aromatic carbocycles. The second kappa shape index (κ2) is 10.5. The zero-order chi connectivity index (χ0) is 21.5. The highest BCUT2D eigenvalue weighted by atomic mass is 19.1. The molecule has 0 atom stereocenters. The van der Waals surface area contributed by atoms with Crippen molar-refractivity contribution in [2.75, 3.05) is 52.1 Å². The zero-order valence-corrected chi connectivity index (χ0v) is 18.3. The first-order valence-corrected chi connectivity index (χ1v) is 10.7. The molecule has 1 amide bonds. The highest BCUT2D eigenvalue weighted by molar-refractivity contribution is 5.81. The van der Waals surface area contributed by atoms with E-state index in [1.54, 1.807) is 11.0 Å². The number of likely N-dealkylation sites (N-methyl/N-ethyl adjacent to an activating group) is 2. The molecule has 0 aliphatic carbocycles. The summed E-state index contributed by atoms with van der Waals surface area (Å²) < 4.78 is 13.6. The molecule has 1 aliphatic rings. The molecule has 0 aromatic heterocycles. The fourth-order valence-electron chi connectivity index (χ4n) is 3.82. The Hall–Kier alpha value is -2.44. The van der Waals surface area contributed by atoms with Crippen molar-refractivity contribution >= 4 is 11.6 Å². The van der Waals surface area contributed by atoms with Crippen LogP contribution in [0.1, 0.15) is 23.6 Å². The molecule has 6 heteroatoms. The Morgan fingerprint density at radius 1 is 1.17 bits per heavy atom. The maximum Gasteiger partial charge on any atom is 0.242 e. The fourth-order valence-corrected chi connectivity index (χ4v) is 3.82. The van der Waals surface area contributed by atoms with Gasteiger partial charge in [0, 0.05) is 38.4 Å². The number of amides is 1. The predicted octanol–water partition coefficient (Wildman–Crippen LogP) is 3.21. The molecule has 0 saturated heterocycles. The van der Waals surface area contributed by atoms with Crippen molar-refractivity contribution in [1.82, 2.24) is 14.7 Å². The number of hydrogen-bond acceptors (Lipinski definition) is 4. The van der Waals surface area contributed by atoms with Gasteiger partial charge in [-0.1, -0.05) is 31.2 Å². The van der Waals surface area contributed by atoms with Crippen molar-refractivity contribution in [1.29, 1.82) is 0 Å². The highest BCUT2D eigenvalue weighted by Crippen LogP contribution is 2.26. The number of carbonyl (C=O) groups excluding carboxylic acids is 1. The summed E-state index contributed by atoms with van der Waals surface area (Å²) in [6.07, 6.45) is 1.04. The van der Waals surface area contributed by atoms with Crippen LogP contribution < -0.4 is 5.32 Å². The zero-order valence-electron chi connectivity index (χ0n) is 18.3. The smallest absolute Gasteiger partial charge is 0.242 e. The molecule has 162 valence electrons. The van der Waals surface area contributed by atoms with E-state index in [1.807, 2.05) is 25.1 Å². The quantitative estimate of drug-likeness (QED) is 0.687. The average molecular weight is 413 g/mol. The van der Waals surface area contributed by atoms with E-state index in [0.717, 1.165) is 43.9 Å². The van der Waals surface area contributed by atoms with E-state index in [9.17, 15) is 9.18 Å². The average Bonchev–Trinajstić information content (AvgIpc) is 2.74. The highest BCUT2D eigenvalue weighted by Gasteiger charge is 2.19. The van der Waals surface area contributed by atoms with Crippen LogP contribution in [0.15, 0.2) is 42.5 Å². The molecule has 0 unspecified atom stereocenters. The summed E-state index contributed by atoms with van der Waals surface area (Å²) in [5, 5.41) is 3.38. The lowest BCUT2D eigenvalue weighted by molar-refractivity contribution is -0.130. The Labute approximate surface area is 179 Å². The van der Waals surface area contributed by atoms with Gasteiger partial charge in [-0.3, -0.25) is 9.69 Å². The van der Waals surface area contributed by atoms with Crippen molar-refractivity contribution in [2.45, 2.75) is 26.4 Å². The van der Waals surface area contributed by atoms with Gasteiger partial charge in [0.05, 0.1) is 6.54 Å². The molecule has 1 heterocycles. The van der Waals surface area contributed by atoms with E-state index in [1.165, 1.54) is 23.3 Å². The molecular weight excluding hydrogens is 379 g/mol. The van der Waals surface area contributed by atoms with Crippen LogP contribution in [-0.4, -0.2) is 67.4 Å². The summed E-state index contributed by atoms with van der Waals surface area (Å²) in [6.45, 7) is 7.19. The molecule has 5 nitrogen and oxygen atoms in total. The van der Waals surface area contributed by atoms with E-state index in [2.05, 4.69) is 35.3 Å². The van der Waals surface area contributed by atoms with Gasteiger partial charge < -0.3 is 15.1 Å². The lowest BCUT2D eigenvalue weighted by Gasteiger charge is -2.30. The van der Waals surface area contributed by atoms with Crippen molar-refractivity contribution in [3.05, 3.63) is 65.0 Å². The van der Waals surface area contributed by atoms with Crippen LogP contribution in [0.5, 0.6) is 0 Å². The molecule has 2 aromatic rings. The van der Waals surface area contributed by atoms with Gasteiger partial charge in [0.25, 0.3) is 0 Å². The van der Waals surface area contributed by atoms with Gasteiger partial charge in [0.15, 0.2) is 0 Å². The largest absolute Gasteiger partial charge is 0.376 e. The topological polar surface area (TPSA) is 38.8 Å². The summed E-state index contributed by atoms with van der Waals surface area (Å²) in [6, 6.07) is 12.8. The SMILES string of the molecule is CCN1CCc2cccc(NCC(=O)N(CCN(C)C)Cc3cccc(F)c3)c2C1. The van der Waals surface area contributed by atoms with E-state index in [0.29, 0.717) is 13.1 Å². The van der Waals surface area contributed by atoms with Crippen LogP contribution in [0.3, 0.4) is 0 Å². The number of nitrogens with zero attached hydrogens (tertiary/aromatic N) is 3. The lowest BCUT2D eigenvalue weighted by Crippen LogP contribution is -2.39. The number of rotatable bonds is 9.